The van der Waals surface area contributed by atoms with Crippen LogP contribution in [0, 0.1) is 0 Å². The summed E-state index contributed by atoms with van der Waals surface area (Å²) in [7, 11) is 0. The van der Waals surface area contributed by atoms with Crippen molar-refractivity contribution >= 4 is 23.1 Å². The molecule has 3 N–H and O–H groups in total. The van der Waals surface area contributed by atoms with Crippen LogP contribution < -0.4 is 0 Å². The van der Waals surface area contributed by atoms with Crippen molar-refractivity contribution in [2.24, 2.45) is 0 Å². The van der Waals surface area contributed by atoms with Gasteiger partial charge < -0.3 is 16.4 Å². The van der Waals surface area contributed by atoms with Gasteiger partial charge in [0.25, 0.3) is 0 Å². The van der Waals surface area contributed by atoms with E-state index in [4.69, 9.17) is 0 Å². The van der Waals surface area contributed by atoms with Crippen LogP contribution in [-0.2, 0) is 22.4 Å². The fraction of sp³-hybridized carbons (Fsp3) is 0. The molecule has 0 aromatic rings. The number of hydrogen-bond acceptors (Lipinski definition) is 3. The molecule has 0 rings (SSSR count). The van der Waals surface area contributed by atoms with E-state index in [-0.39, 0.29) is 61.9 Å². The molecule has 34 valence electrons. The maximum atomic E-state index is 0. The quantitative estimate of drug-likeness (QED) is 0.455. The Morgan fingerprint density at radius 2 is 0.600 bits per heavy atom. The summed E-state index contributed by atoms with van der Waals surface area (Å²) in [6.07, 6.45) is 0. The molecular formula is H3AgMgO3. The maximum Gasteiger partial charge on any atom is 2.00 e. The topological polar surface area (TPSA) is 90.0 Å². The third kappa shape index (κ3) is 32.1. The second-order valence-electron chi connectivity index (χ2n) is 0. The molecule has 5 heteroatoms. The van der Waals surface area contributed by atoms with Gasteiger partial charge in [0.1, 0.15) is 0 Å². The number of hydrogen-bond donors (Lipinski definition) is 0. The summed E-state index contributed by atoms with van der Waals surface area (Å²) in [4.78, 5) is 0. The van der Waals surface area contributed by atoms with E-state index in [1.807, 2.05) is 0 Å². The van der Waals surface area contributed by atoms with Gasteiger partial charge in [-0.3, -0.25) is 0 Å². The molecule has 0 fully saturated rings. The minimum absolute atomic E-state index is 0. The molecule has 0 unspecified atom stereocenters. The fourth-order valence-corrected chi connectivity index (χ4v) is 0. The van der Waals surface area contributed by atoms with E-state index in [1.165, 1.54) is 0 Å². The molecule has 3 nitrogen and oxygen atoms in total. The summed E-state index contributed by atoms with van der Waals surface area (Å²) in [5.41, 5.74) is 0. The molecule has 0 aliphatic heterocycles. The van der Waals surface area contributed by atoms with E-state index in [0.717, 1.165) is 0 Å². The van der Waals surface area contributed by atoms with Crippen LogP contribution >= 0.6 is 0 Å². The van der Waals surface area contributed by atoms with Gasteiger partial charge in [0, 0.05) is 0 Å². The summed E-state index contributed by atoms with van der Waals surface area (Å²) in [5.74, 6) is 0. The Balaban J connectivity index is 0. The van der Waals surface area contributed by atoms with Crippen molar-refractivity contribution in [3.63, 3.8) is 0 Å². The summed E-state index contributed by atoms with van der Waals surface area (Å²) >= 11 is 0. The summed E-state index contributed by atoms with van der Waals surface area (Å²) in [6, 6.07) is 0. The molecule has 0 bridgehead atoms. The Labute approximate surface area is 61.7 Å². The normalized spacial score (nSPS) is 0. The molecule has 0 saturated carbocycles. The average molecular weight is 183 g/mol. The smallest absolute Gasteiger partial charge is 0.870 e. The molecule has 0 amide bonds. The predicted octanol–water partition coefficient (Wildman–Crippen LogP) is -0.914. The Morgan fingerprint density at radius 3 is 0.600 bits per heavy atom. The first-order valence-electron chi connectivity index (χ1n) is 0. The summed E-state index contributed by atoms with van der Waals surface area (Å²) in [5, 5.41) is 0. The molecule has 0 radical (unpaired) electrons. The average Bonchev–Trinajstić information content (AvgIpc) is 0. The predicted molar refractivity (Wildman–Crippen MR) is 11.6 cm³/mol. The van der Waals surface area contributed by atoms with Gasteiger partial charge in [0.05, 0.1) is 0 Å². The van der Waals surface area contributed by atoms with Gasteiger partial charge in [-0.15, -0.1) is 0 Å². The van der Waals surface area contributed by atoms with Crippen LogP contribution in [0.1, 0.15) is 0 Å². The van der Waals surface area contributed by atoms with E-state index >= 15 is 0 Å². The molecule has 0 spiro atoms. The van der Waals surface area contributed by atoms with Gasteiger partial charge >= 0.3 is 45.4 Å². The van der Waals surface area contributed by atoms with Crippen molar-refractivity contribution in [3.05, 3.63) is 0 Å². The first kappa shape index (κ1) is 96.4. The van der Waals surface area contributed by atoms with Crippen LogP contribution in [0.15, 0.2) is 0 Å². The summed E-state index contributed by atoms with van der Waals surface area (Å²) in [6.45, 7) is 0. The van der Waals surface area contributed by atoms with E-state index in [2.05, 4.69) is 0 Å². The molecule has 5 heavy (non-hydrogen) atoms. The standard InChI is InChI=1S/Ag.Mg.3H2O/h;;3*1H2/q+1;+2;;;/p-3. The van der Waals surface area contributed by atoms with Gasteiger partial charge in [-0.05, 0) is 0 Å². The first-order valence-corrected chi connectivity index (χ1v) is 0. The van der Waals surface area contributed by atoms with E-state index in [9.17, 15) is 0 Å². The molecule has 0 aromatic heterocycles. The van der Waals surface area contributed by atoms with Gasteiger partial charge in [-0.25, -0.2) is 0 Å². The van der Waals surface area contributed by atoms with Crippen LogP contribution in [0.2, 0.25) is 0 Å². The minimum atomic E-state index is 0. The zero-order valence-corrected chi connectivity index (χ0v) is 5.25. The van der Waals surface area contributed by atoms with Gasteiger partial charge in [0.2, 0.25) is 0 Å². The third-order valence-corrected chi connectivity index (χ3v) is 0. The monoisotopic (exact) mass is 182 g/mol. The second kappa shape index (κ2) is 53.9. The Kier molecular flexibility index (Phi) is 1040. The largest absolute Gasteiger partial charge is 2.00 e. The van der Waals surface area contributed by atoms with E-state index in [1.54, 1.807) is 0 Å². The van der Waals surface area contributed by atoms with Crippen molar-refractivity contribution in [2.75, 3.05) is 0 Å². The van der Waals surface area contributed by atoms with Crippen molar-refractivity contribution in [1.29, 1.82) is 0 Å². The third-order valence-electron chi connectivity index (χ3n) is 0. The summed E-state index contributed by atoms with van der Waals surface area (Å²) < 4.78 is 0. The SMILES string of the molecule is [Ag+].[Mg+2].[OH-].[OH-].[OH-]. The van der Waals surface area contributed by atoms with E-state index < -0.39 is 0 Å². The molecule has 0 heterocycles. The molecule has 0 atom stereocenters. The Hall–Kier alpha value is 1.39. The van der Waals surface area contributed by atoms with Crippen LogP contribution in [0.3, 0.4) is 0 Å². The molecule has 0 aromatic carbocycles. The van der Waals surface area contributed by atoms with Crippen molar-refractivity contribution in [1.82, 2.24) is 0 Å². The minimum Gasteiger partial charge on any atom is -0.870 e. The maximum absolute atomic E-state index is 0. The first-order chi connectivity index (χ1) is 0. The Morgan fingerprint density at radius 1 is 0.600 bits per heavy atom. The van der Waals surface area contributed by atoms with Crippen molar-refractivity contribution < 1.29 is 38.8 Å². The van der Waals surface area contributed by atoms with Crippen LogP contribution in [0.25, 0.3) is 0 Å². The van der Waals surface area contributed by atoms with Gasteiger partial charge in [0.15, 0.2) is 0 Å². The molecule has 0 saturated heterocycles. The molecule has 0 aliphatic rings. The van der Waals surface area contributed by atoms with Gasteiger partial charge in [-0.1, -0.05) is 0 Å². The zero-order valence-electron chi connectivity index (χ0n) is 2.35. The van der Waals surface area contributed by atoms with Crippen LogP contribution in [-0.4, -0.2) is 39.5 Å². The molecule has 0 aliphatic carbocycles. The van der Waals surface area contributed by atoms with Crippen LogP contribution in [0.5, 0.6) is 0 Å². The second-order valence-corrected chi connectivity index (χ2v) is 0. The number of rotatable bonds is 0. The van der Waals surface area contributed by atoms with Crippen molar-refractivity contribution in [3.8, 4) is 0 Å². The molecular weight excluding hydrogens is 180 g/mol. The van der Waals surface area contributed by atoms with Crippen molar-refractivity contribution in [2.45, 2.75) is 0 Å². The fourth-order valence-electron chi connectivity index (χ4n) is 0. The van der Waals surface area contributed by atoms with E-state index in [0.29, 0.717) is 0 Å². The van der Waals surface area contributed by atoms with Gasteiger partial charge in [-0.2, -0.15) is 0 Å². The Bertz CT molecular complexity index is 6.85. The zero-order chi connectivity index (χ0) is 0. The van der Waals surface area contributed by atoms with Crippen LogP contribution in [0.4, 0.5) is 0 Å².